The molecule has 1 atom stereocenters. The van der Waals surface area contributed by atoms with Gasteiger partial charge in [-0.15, -0.1) is 0 Å². The lowest BCUT2D eigenvalue weighted by Crippen LogP contribution is -2.35. The molecule has 0 spiro atoms. The third-order valence-corrected chi connectivity index (χ3v) is 2.63. The van der Waals surface area contributed by atoms with Crippen molar-refractivity contribution in [3.63, 3.8) is 0 Å². The summed E-state index contributed by atoms with van der Waals surface area (Å²) in [5.41, 5.74) is 0.949. The number of rotatable bonds is 7. The molecule has 0 fully saturated rings. The maximum absolute atomic E-state index is 12.4. The summed E-state index contributed by atoms with van der Waals surface area (Å²) in [7, 11) is 1.57. The molecule has 1 aromatic rings. The molecule has 0 amide bonds. The molecule has 7 heteroatoms. The number of ether oxygens (including phenoxy) is 2. The van der Waals surface area contributed by atoms with Gasteiger partial charge < -0.3 is 14.6 Å². The Morgan fingerprint density at radius 1 is 1.30 bits per heavy atom. The molecule has 0 aliphatic rings. The minimum absolute atomic E-state index is 0.196. The van der Waals surface area contributed by atoms with Crippen molar-refractivity contribution in [3.8, 4) is 5.75 Å². The van der Waals surface area contributed by atoms with Gasteiger partial charge in [0.25, 0.3) is 0 Å². The second kappa shape index (κ2) is 7.14. The normalized spacial score (nSPS) is 13.0. The molecule has 0 heterocycles. The molecular weight excluding hydrogens is 277 g/mol. The Balaban J connectivity index is 2.58. The Kier molecular flexibility index (Phi) is 5.82. The Labute approximate surface area is 114 Å². The number of halogens is 3. The number of alkyl halides is 3. The number of hydrogen-bond acceptors (Lipinski definition) is 3. The zero-order valence-corrected chi connectivity index (χ0v) is 10.8. The fourth-order valence-electron chi connectivity index (χ4n) is 1.46. The zero-order chi connectivity index (χ0) is 15.2. The fourth-order valence-corrected chi connectivity index (χ4v) is 1.46. The minimum atomic E-state index is -4.83. The van der Waals surface area contributed by atoms with Crippen LogP contribution in [0.2, 0.25) is 0 Å². The van der Waals surface area contributed by atoms with Gasteiger partial charge in [-0.2, -0.15) is 13.2 Å². The van der Waals surface area contributed by atoms with E-state index in [9.17, 15) is 18.0 Å². The molecule has 112 valence electrons. The largest absolute Gasteiger partial charge is 0.492 e. The van der Waals surface area contributed by atoms with E-state index in [0.29, 0.717) is 13.0 Å². The minimum Gasteiger partial charge on any atom is -0.492 e. The van der Waals surface area contributed by atoms with Gasteiger partial charge in [0.2, 0.25) is 0 Å². The third-order valence-electron chi connectivity index (χ3n) is 2.63. The molecule has 0 radical (unpaired) electrons. The van der Waals surface area contributed by atoms with Gasteiger partial charge in [-0.1, -0.05) is 12.1 Å². The lowest BCUT2D eigenvalue weighted by molar-refractivity contribution is -0.198. The van der Waals surface area contributed by atoms with E-state index in [1.165, 1.54) is 12.1 Å². The van der Waals surface area contributed by atoms with E-state index in [1.54, 1.807) is 19.2 Å². The molecule has 0 aliphatic carbocycles. The quantitative estimate of drug-likeness (QED) is 0.839. The molecule has 1 rings (SSSR count). The summed E-state index contributed by atoms with van der Waals surface area (Å²) in [5, 5.41) is 8.51. The predicted molar refractivity (Wildman–Crippen MR) is 64.7 cm³/mol. The van der Waals surface area contributed by atoms with E-state index in [1.807, 2.05) is 0 Å². The first-order valence-electron chi connectivity index (χ1n) is 5.84. The van der Waals surface area contributed by atoms with Gasteiger partial charge in [-0.05, 0) is 24.1 Å². The lowest BCUT2D eigenvalue weighted by atomic mass is 10.1. The number of hydrogen-bond donors (Lipinski definition) is 1. The molecule has 20 heavy (non-hydrogen) atoms. The van der Waals surface area contributed by atoms with E-state index >= 15 is 0 Å². The first-order chi connectivity index (χ1) is 9.34. The van der Waals surface area contributed by atoms with Crippen LogP contribution in [-0.4, -0.2) is 37.6 Å². The van der Waals surface area contributed by atoms with Crippen LogP contribution in [0.5, 0.6) is 5.75 Å². The lowest BCUT2D eigenvalue weighted by Gasteiger charge is -2.16. The van der Waals surface area contributed by atoms with Crippen molar-refractivity contribution in [1.82, 2.24) is 0 Å². The number of benzene rings is 1. The summed E-state index contributed by atoms with van der Waals surface area (Å²) in [5.74, 6) is -4.29. The van der Waals surface area contributed by atoms with Crippen molar-refractivity contribution in [2.24, 2.45) is 5.92 Å². The highest BCUT2D eigenvalue weighted by Crippen LogP contribution is 2.27. The number of carboxylic acid groups (broad SMARTS) is 1. The number of methoxy groups -OCH3 is 1. The first kappa shape index (κ1) is 16.3. The summed E-state index contributed by atoms with van der Waals surface area (Å²) >= 11 is 0. The van der Waals surface area contributed by atoms with Crippen molar-refractivity contribution in [2.45, 2.75) is 12.6 Å². The van der Waals surface area contributed by atoms with Crippen molar-refractivity contribution in [1.29, 1.82) is 0 Å². The van der Waals surface area contributed by atoms with E-state index in [-0.39, 0.29) is 5.75 Å². The highest BCUT2D eigenvalue weighted by Gasteiger charge is 2.45. The molecule has 1 aromatic carbocycles. The summed E-state index contributed by atoms with van der Waals surface area (Å²) in [6.45, 7) is -0.411. The molecule has 0 saturated carbocycles. The molecule has 1 unspecified atom stereocenters. The molecule has 0 saturated heterocycles. The first-order valence-corrected chi connectivity index (χ1v) is 5.84. The Morgan fingerprint density at radius 3 is 2.35 bits per heavy atom. The van der Waals surface area contributed by atoms with Crippen molar-refractivity contribution in [3.05, 3.63) is 29.8 Å². The predicted octanol–water partition coefficient (Wildman–Crippen LogP) is 2.52. The second-order valence-corrected chi connectivity index (χ2v) is 4.13. The van der Waals surface area contributed by atoms with Gasteiger partial charge in [0, 0.05) is 7.11 Å². The topological polar surface area (TPSA) is 55.8 Å². The maximum atomic E-state index is 12.4. The van der Waals surface area contributed by atoms with Crippen molar-refractivity contribution in [2.75, 3.05) is 20.3 Å². The molecular formula is C13H15F3O4. The average molecular weight is 292 g/mol. The zero-order valence-electron chi connectivity index (χ0n) is 10.8. The molecule has 0 aromatic heterocycles. The Bertz CT molecular complexity index is 428. The Morgan fingerprint density at radius 2 is 1.90 bits per heavy atom. The van der Waals surface area contributed by atoms with Crippen molar-refractivity contribution < 1.29 is 32.5 Å². The maximum Gasteiger partial charge on any atom is 0.405 e. The van der Waals surface area contributed by atoms with Gasteiger partial charge in [0.05, 0.1) is 6.61 Å². The van der Waals surface area contributed by atoms with E-state index in [4.69, 9.17) is 14.6 Å². The van der Waals surface area contributed by atoms with Crippen molar-refractivity contribution >= 4 is 5.97 Å². The van der Waals surface area contributed by atoms with E-state index in [0.717, 1.165) is 5.56 Å². The monoisotopic (exact) mass is 292 g/mol. The smallest absolute Gasteiger partial charge is 0.405 e. The van der Waals surface area contributed by atoms with Crippen LogP contribution in [0.1, 0.15) is 5.56 Å². The molecule has 4 nitrogen and oxygen atoms in total. The second-order valence-electron chi connectivity index (χ2n) is 4.13. The van der Waals surface area contributed by atoms with Crippen LogP contribution in [0.25, 0.3) is 0 Å². The summed E-state index contributed by atoms with van der Waals surface area (Å²) in [6.07, 6.45) is -4.15. The third kappa shape index (κ3) is 5.08. The van der Waals surface area contributed by atoms with Crippen LogP contribution < -0.4 is 4.74 Å². The van der Waals surface area contributed by atoms with Gasteiger partial charge in [-0.3, -0.25) is 4.79 Å². The van der Waals surface area contributed by atoms with Crippen LogP contribution in [0.3, 0.4) is 0 Å². The SMILES string of the molecule is COCCc1ccc(OCC(C(=O)O)C(F)(F)F)cc1. The number of carboxylic acids is 1. The highest BCUT2D eigenvalue weighted by atomic mass is 19.4. The fraction of sp³-hybridized carbons (Fsp3) is 0.462. The Hall–Kier alpha value is -1.76. The number of aliphatic carboxylic acids is 1. The van der Waals surface area contributed by atoms with Crippen LogP contribution in [0, 0.1) is 5.92 Å². The number of carbonyl (C=O) groups is 1. The highest BCUT2D eigenvalue weighted by molar-refractivity contribution is 5.71. The summed E-state index contributed by atoms with van der Waals surface area (Å²) in [6, 6.07) is 6.38. The van der Waals surface area contributed by atoms with Crippen LogP contribution in [-0.2, 0) is 16.0 Å². The van der Waals surface area contributed by atoms with Crippen LogP contribution in [0.4, 0.5) is 13.2 Å². The van der Waals surface area contributed by atoms with Gasteiger partial charge in [-0.25, -0.2) is 0 Å². The van der Waals surface area contributed by atoms with Crippen LogP contribution >= 0.6 is 0 Å². The molecule has 0 aliphatic heterocycles. The van der Waals surface area contributed by atoms with Gasteiger partial charge in [0.15, 0.2) is 5.92 Å². The average Bonchev–Trinajstić information content (AvgIpc) is 2.36. The molecule has 1 N–H and O–H groups in total. The standard InChI is InChI=1S/C13H15F3O4/c1-19-7-6-9-2-4-10(5-3-9)20-8-11(12(17)18)13(14,15)16/h2-5,11H,6-8H2,1H3,(H,17,18). The summed E-state index contributed by atoms with van der Waals surface area (Å²) < 4.78 is 47.0. The van der Waals surface area contributed by atoms with Crippen LogP contribution in [0.15, 0.2) is 24.3 Å². The van der Waals surface area contributed by atoms with Gasteiger partial charge >= 0.3 is 12.1 Å². The molecule has 0 bridgehead atoms. The van der Waals surface area contributed by atoms with E-state index in [2.05, 4.69) is 0 Å². The van der Waals surface area contributed by atoms with E-state index < -0.39 is 24.7 Å². The summed E-state index contributed by atoms with van der Waals surface area (Å²) in [4.78, 5) is 10.5. The van der Waals surface area contributed by atoms with Gasteiger partial charge in [0.1, 0.15) is 12.4 Å².